The summed E-state index contributed by atoms with van der Waals surface area (Å²) < 4.78 is 0. The lowest BCUT2D eigenvalue weighted by Crippen LogP contribution is -2.19. The van der Waals surface area contributed by atoms with Crippen LogP contribution in [0.25, 0.3) is 0 Å². The van der Waals surface area contributed by atoms with Gasteiger partial charge in [0.05, 0.1) is 13.1 Å². The zero-order valence-electron chi connectivity index (χ0n) is 7.75. The number of amidine groups is 1. The van der Waals surface area contributed by atoms with E-state index in [4.69, 9.17) is 0 Å². The van der Waals surface area contributed by atoms with Crippen molar-refractivity contribution >= 4 is 11.5 Å². The van der Waals surface area contributed by atoms with Crippen molar-refractivity contribution in [3.63, 3.8) is 0 Å². The minimum Gasteiger partial charge on any atom is -0.302 e. The van der Waals surface area contributed by atoms with E-state index in [0.717, 1.165) is 24.8 Å². The summed E-state index contributed by atoms with van der Waals surface area (Å²) >= 11 is 0. The smallest absolute Gasteiger partial charge is 0.137 e. The normalized spacial score (nSPS) is 22.9. The minimum absolute atomic E-state index is 0.786. The maximum Gasteiger partial charge on any atom is 0.137 e. The van der Waals surface area contributed by atoms with Gasteiger partial charge in [-0.1, -0.05) is 0 Å². The Balaban J connectivity index is 1.92. The van der Waals surface area contributed by atoms with E-state index in [-0.39, 0.29) is 0 Å². The fraction of sp³-hybridized carbons (Fsp3) is 0.778. The molecule has 2 rings (SSSR count). The average molecular weight is 165 g/mol. The summed E-state index contributed by atoms with van der Waals surface area (Å²) in [7, 11) is 4.10. The summed E-state index contributed by atoms with van der Waals surface area (Å²) in [6.07, 6.45) is 2.67. The van der Waals surface area contributed by atoms with Crippen molar-refractivity contribution in [1.29, 1.82) is 0 Å². The Morgan fingerprint density at radius 3 is 2.75 bits per heavy atom. The molecule has 1 fully saturated rings. The molecule has 1 heterocycles. The molecule has 0 aromatic rings. The van der Waals surface area contributed by atoms with Crippen molar-refractivity contribution in [2.24, 2.45) is 15.9 Å². The average Bonchev–Trinajstić information content (AvgIpc) is 2.73. The molecule has 0 unspecified atom stereocenters. The summed E-state index contributed by atoms with van der Waals surface area (Å²) in [5.41, 5.74) is 1.33. The molecule has 0 radical (unpaired) electrons. The van der Waals surface area contributed by atoms with E-state index in [2.05, 4.69) is 14.9 Å². The first kappa shape index (κ1) is 7.92. The summed E-state index contributed by atoms with van der Waals surface area (Å²) in [6.45, 7) is 1.75. The molecule has 0 bridgehead atoms. The second kappa shape index (κ2) is 2.98. The second-order valence-corrected chi connectivity index (χ2v) is 3.85. The van der Waals surface area contributed by atoms with Gasteiger partial charge >= 0.3 is 0 Å². The standard InChI is InChI=1S/C9H15N3/c1-12(2)6-9-10-5-8(11-9)7-3-4-7/h7H,3-6H2,1-2H3. The molecule has 1 aliphatic carbocycles. The second-order valence-electron chi connectivity index (χ2n) is 3.85. The highest BCUT2D eigenvalue weighted by molar-refractivity contribution is 6.06. The number of hydrogen-bond donors (Lipinski definition) is 0. The first-order valence-electron chi connectivity index (χ1n) is 4.51. The number of nitrogens with zero attached hydrogens (tertiary/aromatic N) is 3. The molecule has 0 saturated heterocycles. The molecule has 0 aromatic heterocycles. The third-order valence-corrected chi connectivity index (χ3v) is 2.20. The molecule has 0 atom stereocenters. The van der Waals surface area contributed by atoms with Gasteiger partial charge in [0, 0.05) is 5.71 Å². The van der Waals surface area contributed by atoms with Gasteiger partial charge in [0.25, 0.3) is 0 Å². The van der Waals surface area contributed by atoms with Gasteiger partial charge in [-0.25, -0.2) is 4.99 Å². The predicted molar refractivity (Wildman–Crippen MR) is 51.0 cm³/mol. The lowest BCUT2D eigenvalue weighted by Gasteiger charge is -2.05. The van der Waals surface area contributed by atoms with Crippen molar-refractivity contribution < 1.29 is 0 Å². The topological polar surface area (TPSA) is 28.0 Å². The molecular formula is C9H15N3. The highest BCUT2D eigenvalue weighted by Gasteiger charge is 2.29. The van der Waals surface area contributed by atoms with E-state index in [1.807, 2.05) is 14.1 Å². The molecule has 2 aliphatic rings. The van der Waals surface area contributed by atoms with Gasteiger partial charge in [-0.2, -0.15) is 0 Å². The van der Waals surface area contributed by atoms with Crippen LogP contribution in [-0.2, 0) is 0 Å². The van der Waals surface area contributed by atoms with Gasteiger partial charge in [-0.3, -0.25) is 4.99 Å². The quantitative estimate of drug-likeness (QED) is 0.608. The van der Waals surface area contributed by atoms with E-state index in [9.17, 15) is 0 Å². The first-order valence-corrected chi connectivity index (χ1v) is 4.51. The molecule has 0 aromatic carbocycles. The molecule has 0 N–H and O–H groups in total. The molecule has 1 aliphatic heterocycles. The summed E-state index contributed by atoms with van der Waals surface area (Å²) in [6, 6.07) is 0. The molecule has 3 heteroatoms. The monoisotopic (exact) mass is 165 g/mol. The number of likely N-dealkylation sites (N-methyl/N-ethyl adjacent to an activating group) is 1. The molecule has 0 amide bonds. The number of rotatable bonds is 3. The van der Waals surface area contributed by atoms with Crippen LogP contribution in [0.1, 0.15) is 12.8 Å². The Bertz CT molecular complexity index is 236. The van der Waals surface area contributed by atoms with E-state index < -0.39 is 0 Å². The van der Waals surface area contributed by atoms with Crippen LogP contribution in [0, 0.1) is 5.92 Å². The SMILES string of the molecule is CN(C)CC1=NCC(C2CC2)=N1. The van der Waals surface area contributed by atoms with Gasteiger partial charge in [-0.05, 0) is 32.9 Å². The molecule has 1 saturated carbocycles. The molecule has 12 heavy (non-hydrogen) atoms. The Morgan fingerprint density at radius 1 is 1.42 bits per heavy atom. The highest BCUT2D eigenvalue weighted by atomic mass is 15.1. The van der Waals surface area contributed by atoms with Crippen LogP contribution in [0.5, 0.6) is 0 Å². The van der Waals surface area contributed by atoms with Gasteiger partial charge in [0.1, 0.15) is 5.84 Å². The largest absolute Gasteiger partial charge is 0.302 e. The molecule has 66 valence electrons. The zero-order chi connectivity index (χ0) is 8.55. The fourth-order valence-corrected chi connectivity index (χ4v) is 1.41. The van der Waals surface area contributed by atoms with Crippen LogP contribution in [0.3, 0.4) is 0 Å². The van der Waals surface area contributed by atoms with Crippen LogP contribution in [0.4, 0.5) is 0 Å². The first-order chi connectivity index (χ1) is 5.75. The highest BCUT2D eigenvalue weighted by Crippen LogP contribution is 2.31. The molecular weight excluding hydrogens is 150 g/mol. The van der Waals surface area contributed by atoms with Crippen LogP contribution in [0.2, 0.25) is 0 Å². The number of hydrogen-bond acceptors (Lipinski definition) is 3. The third-order valence-electron chi connectivity index (χ3n) is 2.20. The van der Waals surface area contributed by atoms with E-state index >= 15 is 0 Å². The van der Waals surface area contributed by atoms with Crippen molar-refractivity contribution in [3.05, 3.63) is 0 Å². The lowest BCUT2D eigenvalue weighted by atomic mass is 10.2. The van der Waals surface area contributed by atoms with Crippen LogP contribution in [-0.4, -0.2) is 43.6 Å². The predicted octanol–water partition coefficient (Wildman–Crippen LogP) is 0.811. The van der Waals surface area contributed by atoms with Gasteiger partial charge < -0.3 is 4.90 Å². The molecule has 3 nitrogen and oxygen atoms in total. The van der Waals surface area contributed by atoms with Crippen LogP contribution < -0.4 is 0 Å². The van der Waals surface area contributed by atoms with Crippen LogP contribution >= 0.6 is 0 Å². The third kappa shape index (κ3) is 1.72. The summed E-state index contributed by atoms with van der Waals surface area (Å²) in [5.74, 6) is 1.80. The number of aliphatic imine (C=N–C) groups is 2. The van der Waals surface area contributed by atoms with E-state index in [1.54, 1.807) is 0 Å². The lowest BCUT2D eigenvalue weighted by molar-refractivity contribution is 0.468. The Hall–Kier alpha value is -0.700. The Morgan fingerprint density at radius 2 is 2.17 bits per heavy atom. The molecule has 0 spiro atoms. The van der Waals surface area contributed by atoms with Crippen molar-refractivity contribution in [3.8, 4) is 0 Å². The summed E-state index contributed by atoms with van der Waals surface area (Å²) in [4.78, 5) is 11.0. The van der Waals surface area contributed by atoms with Crippen LogP contribution in [0.15, 0.2) is 9.98 Å². The van der Waals surface area contributed by atoms with E-state index in [0.29, 0.717) is 0 Å². The fourth-order valence-electron chi connectivity index (χ4n) is 1.41. The van der Waals surface area contributed by atoms with Gasteiger partial charge in [-0.15, -0.1) is 0 Å². The Labute approximate surface area is 73.2 Å². The summed E-state index contributed by atoms with van der Waals surface area (Å²) in [5, 5.41) is 0. The maximum absolute atomic E-state index is 4.52. The zero-order valence-corrected chi connectivity index (χ0v) is 7.75. The maximum atomic E-state index is 4.52. The van der Waals surface area contributed by atoms with E-state index in [1.165, 1.54) is 18.6 Å². The minimum atomic E-state index is 0.786. The van der Waals surface area contributed by atoms with Crippen molar-refractivity contribution in [2.45, 2.75) is 12.8 Å². The van der Waals surface area contributed by atoms with Crippen molar-refractivity contribution in [2.75, 3.05) is 27.2 Å². The van der Waals surface area contributed by atoms with Crippen molar-refractivity contribution in [1.82, 2.24) is 4.90 Å². The van der Waals surface area contributed by atoms with Gasteiger partial charge in [0.2, 0.25) is 0 Å². The Kier molecular flexibility index (Phi) is 1.97. The van der Waals surface area contributed by atoms with Gasteiger partial charge in [0.15, 0.2) is 0 Å².